The molecule has 10 nitrogen and oxygen atoms in total. The highest BCUT2D eigenvalue weighted by Crippen LogP contribution is 2.48. The first-order valence-electron chi connectivity index (χ1n) is 16.1. The van der Waals surface area contributed by atoms with Crippen molar-refractivity contribution in [2.45, 2.75) is 40.9 Å². The van der Waals surface area contributed by atoms with Gasteiger partial charge in [-0.05, 0) is 53.1 Å². The molecule has 3 heterocycles. The van der Waals surface area contributed by atoms with E-state index >= 15 is 0 Å². The van der Waals surface area contributed by atoms with Crippen LogP contribution in [-0.4, -0.2) is 46.4 Å². The first-order chi connectivity index (χ1) is 24.8. The van der Waals surface area contributed by atoms with Gasteiger partial charge in [0.05, 0.1) is 29.9 Å². The lowest BCUT2D eigenvalue weighted by Crippen LogP contribution is -2.38. The molecule has 1 unspecified atom stereocenters. The maximum Gasteiger partial charge on any atom is 0.338 e. The molecule has 3 N–H and O–H groups in total. The summed E-state index contributed by atoms with van der Waals surface area (Å²) in [6.07, 6.45) is 1.15. The molecule has 4 atom stereocenters. The fraction of sp³-hybridized carbons (Fsp3) is 0.154. The third-order valence-corrected chi connectivity index (χ3v) is 11.2. The molecule has 0 bridgehead atoms. The summed E-state index contributed by atoms with van der Waals surface area (Å²) in [5, 5.41) is 20.6. The number of hydrogen-bond acceptors (Lipinski definition) is 9. The Bertz CT molecular complexity index is 2270. The third kappa shape index (κ3) is 7.51. The van der Waals surface area contributed by atoms with Gasteiger partial charge in [0.25, 0.3) is 10.0 Å². The molecule has 0 amide bonds. The minimum absolute atomic E-state index is 0.0561. The van der Waals surface area contributed by atoms with Crippen LogP contribution >= 0.6 is 11.8 Å². The van der Waals surface area contributed by atoms with Crippen molar-refractivity contribution in [1.29, 1.82) is 0 Å². The highest BCUT2D eigenvalue weighted by atomic mass is 32.2. The van der Waals surface area contributed by atoms with E-state index < -0.39 is 34.5 Å². The van der Waals surface area contributed by atoms with Gasteiger partial charge in [-0.3, -0.25) is 9.71 Å². The van der Waals surface area contributed by atoms with Crippen molar-refractivity contribution in [3.8, 4) is 0 Å². The number of nitrogens with one attached hydrogen (secondary N) is 1. The van der Waals surface area contributed by atoms with Crippen LogP contribution in [0, 0.1) is 0 Å². The molecule has 1 aliphatic rings. The zero-order valence-electron chi connectivity index (χ0n) is 27.1. The van der Waals surface area contributed by atoms with Crippen LogP contribution < -0.4 is 4.72 Å². The van der Waals surface area contributed by atoms with Gasteiger partial charge in [-0.25, -0.2) is 18.2 Å². The largest absolute Gasteiger partial charge is 0.478 e. The molecule has 0 saturated carbocycles. The lowest BCUT2D eigenvalue weighted by molar-refractivity contribution is -0.255. The van der Waals surface area contributed by atoms with Crippen LogP contribution in [0.5, 0.6) is 0 Å². The standard InChI is InChI=1S/C39H33N3O7S2/c43-23-25-16-18-28(19-17-25)36-34(26-8-2-1-3-9-26)32(24-50-37-31(38(44)45)14-7-21-41-37)48-39(49-36)29-11-4-13-30(22-29)42-51(46,47)33-15-5-10-27-12-6-20-40-35(27)33/h1-22,32,34,36,39,42-43H,23-24H2,(H,44,45)/t32-,34-,36+,39?/m1/s1. The van der Waals surface area contributed by atoms with Gasteiger partial charge in [-0.2, -0.15) is 0 Å². The fourth-order valence-electron chi connectivity index (χ4n) is 6.23. The number of anilines is 1. The molecule has 0 spiro atoms. The van der Waals surface area contributed by atoms with Crippen molar-refractivity contribution in [2.24, 2.45) is 0 Å². The van der Waals surface area contributed by atoms with E-state index in [0.717, 1.165) is 16.7 Å². The number of nitrogens with zero attached hydrogens (tertiary/aromatic N) is 2. The van der Waals surface area contributed by atoms with E-state index in [9.17, 15) is 23.4 Å². The number of aliphatic hydroxyl groups excluding tert-OH is 1. The van der Waals surface area contributed by atoms with Crippen LogP contribution in [0.1, 0.15) is 50.9 Å². The highest BCUT2D eigenvalue weighted by molar-refractivity contribution is 7.99. The maximum absolute atomic E-state index is 13.7. The number of aliphatic hydroxyl groups is 1. The highest BCUT2D eigenvalue weighted by Gasteiger charge is 2.42. The summed E-state index contributed by atoms with van der Waals surface area (Å²) in [5.41, 5.74) is 3.92. The molecule has 12 heteroatoms. The van der Waals surface area contributed by atoms with Gasteiger partial charge in [0.2, 0.25) is 0 Å². The van der Waals surface area contributed by atoms with E-state index in [-0.39, 0.29) is 23.0 Å². The van der Waals surface area contributed by atoms with Gasteiger partial charge in [-0.15, -0.1) is 11.8 Å². The van der Waals surface area contributed by atoms with Gasteiger partial charge in [0.1, 0.15) is 9.92 Å². The number of carboxylic acid groups (broad SMARTS) is 1. The molecular weight excluding hydrogens is 687 g/mol. The van der Waals surface area contributed by atoms with Crippen LogP contribution in [0.2, 0.25) is 0 Å². The smallest absolute Gasteiger partial charge is 0.338 e. The number of sulfonamides is 1. The Hall–Kier alpha value is -5.11. The summed E-state index contributed by atoms with van der Waals surface area (Å²) in [6.45, 7) is -0.105. The van der Waals surface area contributed by atoms with Gasteiger partial charge >= 0.3 is 5.97 Å². The SMILES string of the molecule is O=C(O)c1cccnc1SC[C@H]1OC(c2cccc(NS(=O)(=O)c3cccc4cccnc34)c2)O[C@@H](c2ccc(CO)cc2)[C@@H]1c1ccccc1. The number of fused-ring (bicyclic) bond motifs is 1. The molecule has 0 radical (unpaired) electrons. The molecule has 0 aliphatic carbocycles. The van der Waals surface area contributed by atoms with E-state index in [0.29, 0.717) is 32.9 Å². The van der Waals surface area contributed by atoms with Crippen LogP contribution in [0.3, 0.4) is 0 Å². The second-order valence-electron chi connectivity index (χ2n) is 11.9. The average molecular weight is 720 g/mol. The van der Waals surface area contributed by atoms with Crippen molar-refractivity contribution in [2.75, 3.05) is 10.5 Å². The quantitative estimate of drug-likeness (QED) is 0.116. The number of ether oxygens (including phenoxy) is 2. The number of para-hydroxylation sites is 1. The summed E-state index contributed by atoms with van der Waals surface area (Å²) < 4.78 is 43.5. The van der Waals surface area contributed by atoms with E-state index in [1.54, 1.807) is 60.9 Å². The maximum atomic E-state index is 13.7. The van der Waals surface area contributed by atoms with Gasteiger partial charge < -0.3 is 19.7 Å². The third-order valence-electron chi connectivity index (χ3n) is 8.65. The summed E-state index contributed by atoms with van der Waals surface area (Å²) in [7, 11) is -4.03. The number of aromatic carboxylic acids is 1. The van der Waals surface area contributed by atoms with E-state index in [1.807, 2.05) is 60.7 Å². The molecule has 1 fully saturated rings. The molecule has 2 aromatic heterocycles. The van der Waals surface area contributed by atoms with Crippen LogP contribution in [-0.2, 0) is 26.1 Å². The van der Waals surface area contributed by atoms with E-state index in [4.69, 9.17) is 9.47 Å². The molecule has 6 aromatic rings. The second-order valence-corrected chi connectivity index (χ2v) is 14.6. The minimum Gasteiger partial charge on any atom is -0.478 e. The van der Waals surface area contributed by atoms with Gasteiger partial charge in [-0.1, -0.05) is 84.9 Å². The normalized spacial score (nSPS) is 19.1. The minimum atomic E-state index is -4.03. The van der Waals surface area contributed by atoms with Crippen LogP contribution in [0.15, 0.2) is 144 Å². The van der Waals surface area contributed by atoms with Crippen LogP contribution in [0.25, 0.3) is 10.9 Å². The topological polar surface area (TPSA) is 148 Å². The fourth-order valence-corrected chi connectivity index (χ4v) is 8.52. The zero-order chi connectivity index (χ0) is 35.4. The lowest BCUT2D eigenvalue weighted by atomic mass is 9.84. The molecular formula is C39H33N3O7S2. The Morgan fingerprint density at radius 1 is 0.784 bits per heavy atom. The predicted molar refractivity (Wildman–Crippen MR) is 194 cm³/mol. The molecule has 51 heavy (non-hydrogen) atoms. The Kier molecular flexibility index (Phi) is 10.1. The molecule has 1 aliphatic heterocycles. The number of thioether (sulfide) groups is 1. The predicted octanol–water partition coefficient (Wildman–Crippen LogP) is 7.35. The van der Waals surface area contributed by atoms with Crippen molar-refractivity contribution in [3.05, 3.63) is 162 Å². The molecule has 1 saturated heterocycles. The first kappa shape index (κ1) is 34.3. The second kappa shape index (κ2) is 15.0. The van der Waals surface area contributed by atoms with Crippen molar-refractivity contribution in [3.63, 3.8) is 0 Å². The monoisotopic (exact) mass is 719 g/mol. The molecule has 258 valence electrons. The number of aromatic nitrogens is 2. The summed E-state index contributed by atoms with van der Waals surface area (Å²) >= 11 is 1.29. The first-order valence-corrected chi connectivity index (χ1v) is 18.6. The Morgan fingerprint density at radius 3 is 2.29 bits per heavy atom. The Labute approximate surface area is 299 Å². The number of benzene rings is 4. The number of hydrogen-bond donors (Lipinski definition) is 3. The van der Waals surface area contributed by atoms with Crippen molar-refractivity contribution < 1.29 is 32.9 Å². The number of rotatable bonds is 11. The summed E-state index contributed by atoms with van der Waals surface area (Å²) in [4.78, 5) is 20.7. The van der Waals surface area contributed by atoms with Crippen LogP contribution in [0.4, 0.5) is 5.69 Å². The van der Waals surface area contributed by atoms with Gasteiger partial charge in [0, 0.05) is 40.7 Å². The van der Waals surface area contributed by atoms with Crippen molar-refractivity contribution in [1.82, 2.24) is 9.97 Å². The summed E-state index contributed by atoms with van der Waals surface area (Å²) in [6, 6.07) is 35.9. The number of pyridine rings is 2. The molecule has 7 rings (SSSR count). The van der Waals surface area contributed by atoms with Gasteiger partial charge in [0.15, 0.2) is 6.29 Å². The Balaban J connectivity index is 1.25. The average Bonchev–Trinajstić information content (AvgIpc) is 3.17. The summed E-state index contributed by atoms with van der Waals surface area (Å²) in [5.74, 6) is -1.06. The number of carboxylic acids is 1. The lowest BCUT2D eigenvalue weighted by Gasteiger charge is -2.43. The number of carbonyl (C=O) groups is 1. The zero-order valence-corrected chi connectivity index (χ0v) is 28.7. The van der Waals surface area contributed by atoms with Crippen molar-refractivity contribution >= 4 is 44.3 Å². The molecule has 4 aromatic carbocycles. The van der Waals surface area contributed by atoms with E-state index in [2.05, 4.69) is 14.7 Å². The van der Waals surface area contributed by atoms with E-state index in [1.165, 1.54) is 23.9 Å². The Morgan fingerprint density at radius 2 is 1.51 bits per heavy atom.